The summed E-state index contributed by atoms with van der Waals surface area (Å²) in [4.78, 5) is 15.7. The van der Waals surface area contributed by atoms with Gasteiger partial charge >= 0.3 is 0 Å². The fourth-order valence-electron chi connectivity index (χ4n) is 2.77. The van der Waals surface area contributed by atoms with Gasteiger partial charge in [-0.2, -0.15) is 0 Å². The van der Waals surface area contributed by atoms with Crippen LogP contribution in [-0.2, 0) is 7.05 Å². The number of rotatable bonds is 2. The second-order valence-corrected chi connectivity index (χ2v) is 5.40. The first kappa shape index (κ1) is 12.7. The van der Waals surface area contributed by atoms with Crippen LogP contribution in [-0.4, -0.2) is 15.5 Å². The summed E-state index contributed by atoms with van der Waals surface area (Å²) in [5.74, 6) is -0.104. The van der Waals surface area contributed by atoms with Gasteiger partial charge in [0.25, 0.3) is 5.91 Å². The maximum atomic E-state index is 12.5. The molecule has 0 atom stereocenters. The number of anilines is 1. The summed E-state index contributed by atoms with van der Waals surface area (Å²) in [6.45, 7) is 0. The van der Waals surface area contributed by atoms with Gasteiger partial charge in [-0.3, -0.25) is 4.79 Å². The number of aromatic amines is 1. The Bertz CT molecular complexity index is 994. The second kappa shape index (κ2) is 4.77. The summed E-state index contributed by atoms with van der Waals surface area (Å²) in [6.07, 6.45) is 3.82. The van der Waals surface area contributed by atoms with Crippen LogP contribution >= 0.6 is 0 Å². The minimum Gasteiger partial charge on any atom is -0.359 e. The van der Waals surface area contributed by atoms with Crippen molar-refractivity contribution < 1.29 is 4.79 Å². The maximum absolute atomic E-state index is 12.5. The molecule has 2 aromatic heterocycles. The van der Waals surface area contributed by atoms with Gasteiger partial charge in [-0.25, -0.2) is 0 Å². The Kier molecular flexibility index (Phi) is 2.76. The van der Waals surface area contributed by atoms with Gasteiger partial charge in [0.1, 0.15) is 0 Å². The van der Waals surface area contributed by atoms with E-state index in [0.29, 0.717) is 5.56 Å². The quantitative estimate of drug-likeness (QED) is 0.577. The van der Waals surface area contributed by atoms with Gasteiger partial charge in [-0.15, -0.1) is 0 Å². The van der Waals surface area contributed by atoms with Crippen molar-refractivity contribution in [1.29, 1.82) is 0 Å². The van der Waals surface area contributed by atoms with E-state index in [-0.39, 0.29) is 5.91 Å². The topological polar surface area (TPSA) is 49.8 Å². The average Bonchev–Trinajstić information content (AvgIpc) is 3.12. The zero-order valence-electron chi connectivity index (χ0n) is 12.1. The molecular weight excluding hydrogens is 274 g/mol. The SMILES string of the molecule is Cn1ccc2ccc(C(=O)Nc3c[nH]c4ccccc34)cc21. The highest BCUT2D eigenvalue weighted by molar-refractivity contribution is 6.10. The van der Waals surface area contributed by atoms with Crippen LogP contribution in [0, 0.1) is 0 Å². The maximum Gasteiger partial charge on any atom is 0.255 e. The molecule has 0 aliphatic rings. The number of fused-ring (bicyclic) bond motifs is 2. The molecular formula is C18H15N3O. The smallest absolute Gasteiger partial charge is 0.255 e. The van der Waals surface area contributed by atoms with Crippen LogP contribution in [0.4, 0.5) is 5.69 Å². The minimum absolute atomic E-state index is 0.104. The number of aromatic nitrogens is 2. The van der Waals surface area contributed by atoms with Crippen molar-refractivity contribution in [3.05, 3.63) is 66.5 Å². The predicted octanol–water partition coefficient (Wildman–Crippen LogP) is 3.91. The average molecular weight is 289 g/mol. The Morgan fingerprint density at radius 2 is 2.00 bits per heavy atom. The van der Waals surface area contributed by atoms with Crippen molar-refractivity contribution in [3.8, 4) is 0 Å². The number of carbonyl (C=O) groups is 1. The molecule has 108 valence electrons. The monoisotopic (exact) mass is 289 g/mol. The van der Waals surface area contributed by atoms with Gasteiger partial charge in [0, 0.05) is 41.4 Å². The van der Waals surface area contributed by atoms with Gasteiger partial charge in [0.2, 0.25) is 0 Å². The summed E-state index contributed by atoms with van der Waals surface area (Å²) in [6, 6.07) is 15.7. The first-order valence-electron chi connectivity index (χ1n) is 7.15. The van der Waals surface area contributed by atoms with Crippen LogP contribution < -0.4 is 5.32 Å². The molecule has 2 aromatic carbocycles. The molecule has 0 unspecified atom stereocenters. The lowest BCUT2D eigenvalue weighted by Crippen LogP contribution is -2.11. The molecule has 0 saturated carbocycles. The normalized spacial score (nSPS) is 11.1. The van der Waals surface area contributed by atoms with Crippen LogP contribution in [0.3, 0.4) is 0 Å². The van der Waals surface area contributed by atoms with Crippen LogP contribution in [0.5, 0.6) is 0 Å². The highest BCUT2D eigenvalue weighted by Crippen LogP contribution is 2.24. The van der Waals surface area contributed by atoms with Crippen LogP contribution in [0.25, 0.3) is 21.8 Å². The summed E-state index contributed by atoms with van der Waals surface area (Å²) < 4.78 is 2.01. The third kappa shape index (κ3) is 1.97. The molecule has 0 radical (unpaired) electrons. The van der Waals surface area contributed by atoms with Crippen molar-refractivity contribution in [2.24, 2.45) is 7.05 Å². The summed E-state index contributed by atoms with van der Waals surface area (Å²) in [7, 11) is 1.98. The lowest BCUT2D eigenvalue weighted by molar-refractivity contribution is 0.102. The first-order valence-corrected chi connectivity index (χ1v) is 7.15. The number of hydrogen-bond acceptors (Lipinski definition) is 1. The van der Waals surface area contributed by atoms with Gasteiger partial charge in [-0.05, 0) is 29.7 Å². The van der Waals surface area contributed by atoms with E-state index in [2.05, 4.69) is 10.3 Å². The van der Waals surface area contributed by atoms with Gasteiger partial charge in [-0.1, -0.05) is 24.3 Å². The minimum atomic E-state index is -0.104. The third-order valence-electron chi connectivity index (χ3n) is 3.99. The summed E-state index contributed by atoms with van der Waals surface area (Å²) in [5.41, 5.74) is 3.51. The molecule has 22 heavy (non-hydrogen) atoms. The van der Waals surface area contributed by atoms with Crippen molar-refractivity contribution in [2.75, 3.05) is 5.32 Å². The molecule has 4 nitrogen and oxygen atoms in total. The lowest BCUT2D eigenvalue weighted by Gasteiger charge is -2.05. The van der Waals surface area contributed by atoms with E-state index >= 15 is 0 Å². The zero-order chi connectivity index (χ0) is 15.1. The van der Waals surface area contributed by atoms with Crippen LogP contribution in [0.2, 0.25) is 0 Å². The molecule has 4 heteroatoms. The van der Waals surface area contributed by atoms with Crippen LogP contribution in [0.1, 0.15) is 10.4 Å². The van der Waals surface area contributed by atoms with Crippen molar-refractivity contribution >= 4 is 33.4 Å². The van der Waals surface area contributed by atoms with Crippen molar-refractivity contribution in [1.82, 2.24) is 9.55 Å². The number of benzene rings is 2. The number of amides is 1. The Morgan fingerprint density at radius 3 is 2.91 bits per heavy atom. The number of hydrogen-bond donors (Lipinski definition) is 2. The van der Waals surface area contributed by atoms with E-state index in [9.17, 15) is 4.79 Å². The molecule has 2 heterocycles. The van der Waals surface area contributed by atoms with E-state index in [0.717, 1.165) is 27.5 Å². The third-order valence-corrected chi connectivity index (χ3v) is 3.99. The standard InChI is InChI=1S/C18H15N3O/c1-21-9-8-12-6-7-13(10-17(12)21)18(22)20-16-11-19-15-5-3-2-4-14(15)16/h2-11,19H,1H3,(H,20,22). The number of H-pyrrole nitrogens is 1. The summed E-state index contributed by atoms with van der Waals surface area (Å²) in [5, 5.41) is 5.12. The van der Waals surface area contributed by atoms with E-state index in [1.54, 1.807) is 0 Å². The zero-order valence-corrected chi connectivity index (χ0v) is 12.1. The highest BCUT2D eigenvalue weighted by Gasteiger charge is 2.10. The number of para-hydroxylation sites is 1. The Labute approximate surface area is 127 Å². The largest absolute Gasteiger partial charge is 0.359 e. The van der Waals surface area contributed by atoms with Gasteiger partial charge in [0.05, 0.1) is 5.69 Å². The number of carbonyl (C=O) groups excluding carboxylic acids is 1. The molecule has 0 fully saturated rings. The van der Waals surface area contributed by atoms with E-state index < -0.39 is 0 Å². The van der Waals surface area contributed by atoms with Crippen LogP contribution in [0.15, 0.2) is 60.9 Å². The fourth-order valence-corrected chi connectivity index (χ4v) is 2.77. The molecule has 0 aliphatic carbocycles. The number of aryl methyl sites for hydroxylation is 1. The first-order chi connectivity index (χ1) is 10.7. The molecule has 0 aliphatic heterocycles. The second-order valence-electron chi connectivity index (χ2n) is 5.40. The van der Waals surface area contributed by atoms with Gasteiger partial charge < -0.3 is 14.9 Å². The predicted molar refractivity (Wildman–Crippen MR) is 89.2 cm³/mol. The number of nitrogens with zero attached hydrogens (tertiary/aromatic N) is 1. The fraction of sp³-hybridized carbons (Fsp3) is 0.0556. The van der Waals surface area contributed by atoms with Crippen molar-refractivity contribution in [3.63, 3.8) is 0 Å². The van der Waals surface area contributed by atoms with E-state index in [4.69, 9.17) is 0 Å². The highest BCUT2D eigenvalue weighted by atomic mass is 16.1. The Hall–Kier alpha value is -3.01. The molecule has 0 spiro atoms. The van der Waals surface area contributed by atoms with E-state index in [1.165, 1.54) is 0 Å². The Balaban J connectivity index is 1.69. The molecule has 4 rings (SSSR count). The molecule has 1 amide bonds. The summed E-state index contributed by atoms with van der Waals surface area (Å²) >= 11 is 0. The lowest BCUT2D eigenvalue weighted by atomic mass is 10.1. The van der Waals surface area contributed by atoms with E-state index in [1.807, 2.05) is 72.5 Å². The molecule has 0 saturated heterocycles. The molecule has 0 bridgehead atoms. The van der Waals surface area contributed by atoms with Crippen molar-refractivity contribution in [2.45, 2.75) is 0 Å². The molecule has 2 N–H and O–H groups in total. The Morgan fingerprint density at radius 1 is 1.14 bits per heavy atom. The van der Waals surface area contributed by atoms with Gasteiger partial charge in [0.15, 0.2) is 0 Å². The number of nitrogens with one attached hydrogen (secondary N) is 2. The molecule has 4 aromatic rings.